The minimum absolute atomic E-state index is 0.0332. The Morgan fingerprint density at radius 3 is 1.03 bits per heavy atom. The van der Waals surface area contributed by atoms with Gasteiger partial charge in [-0.25, -0.2) is 34.9 Å². The van der Waals surface area contributed by atoms with Crippen LogP contribution in [0.4, 0.5) is 0 Å². The normalized spacial score (nSPS) is 12.0. The largest absolute Gasteiger partial charge is 0.309 e. The molecule has 1 aliphatic rings. The fourth-order valence-corrected chi connectivity index (χ4v) is 16.0. The number of hydrogen-bond donors (Lipinski definition) is 0. The molecule has 10 nitrogen and oxygen atoms in total. The zero-order chi connectivity index (χ0) is 73.7. The lowest BCUT2D eigenvalue weighted by Gasteiger charge is -2.22. The lowest BCUT2D eigenvalue weighted by atomic mass is 9.82. The van der Waals surface area contributed by atoms with Crippen LogP contribution >= 0.6 is 46.4 Å². The van der Waals surface area contributed by atoms with Crippen LogP contribution in [0.25, 0.3) is 166 Å². The molecule has 14 aromatic carbocycles. The van der Waals surface area contributed by atoms with Gasteiger partial charge in [0.05, 0.1) is 61.2 Å². The minimum atomic E-state index is -0.0332. The zero-order valence-corrected chi connectivity index (χ0v) is 61.8. The number of fused-ring (bicyclic) bond motifs is 13. The first kappa shape index (κ1) is 68.0. The maximum atomic E-state index is 6.27. The Labute approximate surface area is 647 Å². The second kappa shape index (κ2) is 28.8. The molecule has 0 saturated carbocycles. The summed E-state index contributed by atoms with van der Waals surface area (Å²) in [7, 11) is 0. The van der Waals surface area contributed by atoms with Crippen molar-refractivity contribution in [1.29, 1.82) is 0 Å². The Hall–Kier alpha value is -12.8. The Bertz CT molecular complexity index is 6740. The highest BCUT2D eigenvalue weighted by Gasteiger charge is 2.35. The number of nitrogens with zero attached hydrogens (tertiary/aromatic N) is 10. The summed E-state index contributed by atoms with van der Waals surface area (Å²) in [6, 6.07) is 117. The van der Waals surface area contributed by atoms with Gasteiger partial charge in [-0.15, -0.1) is 0 Å². The van der Waals surface area contributed by atoms with Crippen molar-refractivity contribution in [2.45, 2.75) is 19.3 Å². The van der Waals surface area contributed by atoms with Crippen molar-refractivity contribution in [3.05, 3.63) is 372 Å². The number of hydrogen-bond acceptors (Lipinski definition) is 8. The predicted octanol–water partition coefficient (Wildman–Crippen LogP) is 26.0. The molecule has 0 amide bonds. The quantitative estimate of drug-likeness (QED) is 0.145. The van der Waals surface area contributed by atoms with Gasteiger partial charge in [-0.1, -0.05) is 263 Å². The summed E-state index contributed by atoms with van der Waals surface area (Å²) in [5.41, 5.74) is 24.7. The van der Waals surface area contributed by atoms with Crippen molar-refractivity contribution >= 4 is 134 Å². The van der Waals surface area contributed by atoms with Crippen LogP contribution in [-0.2, 0) is 5.41 Å². The van der Waals surface area contributed by atoms with Crippen molar-refractivity contribution in [2.24, 2.45) is 0 Å². The fraction of sp³-hybridized carbons (Fsp3) is 0.0316. The summed E-state index contributed by atoms with van der Waals surface area (Å²) in [4.78, 5) is 35.6. The van der Waals surface area contributed by atoms with Crippen LogP contribution in [-0.4, -0.2) is 49.0 Å². The second-order valence-electron chi connectivity index (χ2n) is 27.2. The van der Waals surface area contributed by atoms with Gasteiger partial charge in [0.1, 0.15) is 0 Å². The van der Waals surface area contributed by atoms with Gasteiger partial charge in [-0.3, -0.25) is 4.57 Å². The van der Waals surface area contributed by atoms with E-state index in [0.29, 0.717) is 0 Å². The summed E-state index contributed by atoms with van der Waals surface area (Å²) in [6.07, 6.45) is 0. The van der Waals surface area contributed by atoms with Crippen LogP contribution in [0.2, 0.25) is 21.1 Å². The van der Waals surface area contributed by atoms with Crippen molar-refractivity contribution in [3.8, 4) is 78.7 Å². The topological polar surface area (TPSA) is 113 Å². The molecule has 0 fully saturated rings. The predicted molar refractivity (Wildman–Crippen MR) is 452 cm³/mol. The van der Waals surface area contributed by atoms with Crippen LogP contribution < -0.4 is 0 Å². The lowest BCUT2D eigenvalue weighted by molar-refractivity contribution is 0.660. The fourth-order valence-electron chi connectivity index (χ4n) is 15.3. The van der Waals surface area contributed by atoms with E-state index in [-0.39, 0.29) is 26.5 Å². The number of aromatic nitrogens is 10. The first-order valence-electron chi connectivity index (χ1n) is 35.7. The number of halogens is 4. The summed E-state index contributed by atoms with van der Waals surface area (Å²) in [5, 5.41) is 9.94. The van der Waals surface area contributed by atoms with Gasteiger partial charge < -0.3 is 4.57 Å². The van der Waals surface area contributed by atoms with Gasteiger partial charge in [0.15, 0.2) is 5.82 Å². The Morgan fingerprint density at radius 1 is 0.229 bits per heavy atom. The number of para-hydroxylation sites is 8. The average Bonchev–Trinajstić information content (AvgIpc) is 1.57. The van der Waals surface area contributed by atoms with E-state index in [1.165, 1.54) is 54.8 Å². The maximum absolute atomic E-state index is 6.27. The van der Waals surface area contributed by atoms with Crippen LogP contribution in [0.1, 0.15) is 25.0 Å². The molecule has 520 valence electrons. The summed E-state index contributed by atoms with van der Waals surface area (Å²) < 4.78 is 4.47. The molecule has 0 radical (unpaired) electrons. The monoisotopic (exact) mass is 1480 g/mol. The van der Waals surface area contributed by atoms with Crippen LogP contribution in [0.15, 0.2) is 340 Å². The van der Waals surface area contributed by atoms with E-state index >= 15 is 0 Å². The third-order valence-electron chi connectivity index (χ3n) is 20.3. The Kier molecular flexibility index (Phi) is 18.0. The highest BCUT2D eigenvalue weighted by Crippen LogP contribution is 2.50. The summed E-state index contributed by atoms with van der Waals surface area (Å²) >= 11 is 24.9. The third kappa shape index (κ3) is 12.9. The number of rotatable bonds is 7. The maximum Gasteiger partial charge on any atom is 0.224 e. The van der Waals surface area contributed by atoms with E-state index in [1.807, 2.05) is 121 Å². The Balaban J connectivity index is 0.000000103. The highest BCUT2D eigenvalue weighted by molar-refractivity contribution is 6.30. The van der Waals surface area contributed by atoms with E-state index in [9.17, 15) is 0 Å². The van der Waals surface area contributed by atoms with Crippen molar-refractivity contribution in [1.82, 2.24) is 49.0 Å². The van der Waals surface area contributed by atoms with E-state index < -0.39 is 0 Å². The molecular formula is C95H62Cl4N10. The molecule has 0 atom stereocenters. The van der Waals surface area contributed by atoms with E-state index in [2.05, 4.69) is 281 Å². The molecule has 6 aromatic heterocycles. The van der Waals surface area contributed by atoms with E-state index in [1.54, 1.807) is 0 Å². The van der Waals surface area contributed by atoms with Gasteiger partial charge in [0, 0.05) is 70.9 Å². The zero-order valence-electron chi connectivity index (χ0n) is 58.8. The van der Waals surface area contributed by atoms with E-state index in [0.717, 1.165) is 122 Å². The highest BCUT2D eigenvalue weighted by atomic mass is 35.5. The molecule has 109 heavy (non-hydrogen) atoms. The van der Waals surface area contributed by atoms with Crippen molar-refractivity contribution in [2.75, 3.05) is 0 Å². The molecule has 0 unspecified atom stereocenters. The Morgan fingerprint density at radius 2 is 0.560 bits per heavy atom. The van der Waals surface area contributed by atoms with Gasteiger partial charge in [-0.2, -0.15) is 4.98 Å². The molecule has 0 bridgehead atoms. The molecule has 6 heterocycles. The molecule has 20 aromatic rings. The van der Waals surface area contributed by atoms with Gasteiger partial charge in [-0.05, 0) is 182 Å². The van der Waals surface area contributed by atoms with Crippen LogP contribution in [0.5, 0.6) is 0 Å². The van der Waals surface area contributed by atoms with Crippen molar-refractivity contribution < 1.29 is 0 Å². The third-order valence-corrected chi connectivity index (χ3v) is 21.0. The van der Waals surface area contributed by atoms with Crippen LogP contribution in [0.3, 0.4) is 0 Å². The number of benzene rings is 14. The molecule has 21 rings (SSSR count). The van der Waals surface area contributed by atoms with Crippen molar-refractivity contribution in [3.63, 3.8) is 0 Å². The smallest absolute Gasteiger partial charge is 0.224 e. The standard InChI is InChI=1S/C26H16ClN3.C26H17ClN2.C23H17ClN2.C20H12ClN3/c27-26-28-22-10-4-1-9-21(22)25(29-26)17-13-15-18(16-14-17)30-23-11-5-2-7-19(23)20-8-3-6-12-24(20)30;27-26-28-24-14-8-7-13-23(24)25(29-26)22-16-20(18-9-3-1-4-10-18)15-21(17-22)19-11-5-2-6-12-19;1-23(2)18-9-5-3-7-15(18)16-12-11-14(13-19(16)23)21-17-8-4-6-10-20(17)25-22(24)26-21;21-20-22-16-10-4-1-9-15(16)19(23-20)24-17-11-5-2-7-13(17)14-8-3-6-12-18(14)24/h1-16H;1-17H;3-13H,1-2H3;1-12H. The second-order valence-corrected chi connectivity index (χ2v) is 28.5. The molecule has 1 aliphatic carbocycles. The minimum Gasteiger partial charge on any atom is -0.309 e. The lowest BCUT2D eigenvalue weighted by Crippen LogP contribution is -2.14. The first-order valence-corrected chi connectivity index (χ1v) is 37.2. The average molecular weight is 1490 g/mol. The first-order chi connectivity index (χ1) is 53.4. The SMILES string of the molecule is CC1(C)c2ccccc2-c2ccc(-c3nc(Cl)nc4ccccc34)cc21.Clc1nc(-c2cc(-c3ccccc3)cc(-c3ccccc3)c2)c2ccccc2n1.Clc1nc(-c2ccc(-n3c4ccccc4c4ccccc43)cc2)c2ccccc2n1.Clc1nc(-n2c3ccccc3c3ccccc32)c2ccccc2n1. The summed E-state index contributed by atoms with van der Waals surface area (Å²) in [6.45, 7) is 4.57. The van der Waals surface area contributed by atoms with E-state index in [4.69, 9.17) is 46.4 Å². The summed E-state index contributed by atoms with van der Waals surface area (Å²) in [5.74, 6) is 0.808. The van der Waals surface area contributed by atoms with Gasteiger partial charge >= 0.3 is 0 Å². The van der Waals surface area contributed by atoms with Crippen LogP contribution in [0, 0.1) is 0 Å². The molecule has 14 heteroatoms. The molecule has 0 spiro atoms. The molecular weight excluding hydrogens is 1420 g/mol. The molecule has 0 N–H and O–H groups in total. The molecule has 0 saturated heterocycles. The molecule has 0 aliphatic heterocycles. The van der Waals surface area contributed by atoms with Gasteiger partial charge in [0.25, 0.3) is 0 Å². The van der Waals surface area contributed by atoms with Gasteiger partial charge in [0.2, 0.25) is 21.1 Å².